The number of Topliss-reactive ketones (excluding diaryl/α,β-unsaturated/α-hetero) is 1. The van der Waals surface area contributed by atoms with Gasteiger partial charge >= 0.3 is 0 Å². The Hall–Kier alpha value is -2.09. The average molecular weight is 536 g/mol. The number of hydrogen-bond acceptors (Lipinski definition) is 4. The fourth-order valence-corrected chi connectivity index (χ4v) is 6.34. The maximum absolute atomic E-state index is 14.0. The molecule has 3 unspecified atom stereocenters. The Labute approximate surface area is 222 Å². The van der Waals surface area contributed by atoms with Crippen molar-refractivity contribution in [2.75, 3.05) is 13.6 Å². The molecule has 1 saturated heterocycles. The molecule has 3 atom stereocenters. The third kappa shape index (κ3) is 5.43. The van der Waals surface area contributed by atoms with E-state index in [4.69, 9.17) is 23.2 Å². The van der Waals surface area contributed by atoms with Crippen LogP contribution in [0.1, 0.15) is 69.2 Å². The normalized spacial score (nSPS) is 20.5. The van der Waals surface area contributed by atoms with Gasteiger partial charge in [-0.05, 0) is 70.7 Å². The molecule has 2 amide bonds. The van der Waals surface area contributed by atoms with Gasteiger partial charge < -0.3 is 20.1 Å². The Morgan fingerprint density at radius 1 is 1.08 bits per heavy atom. The fraction of sp³-hybridized carbons (Fsp3) is 0.593. The molecule has 196 valence electrons. The van der Waals surface area contributed by atoms with E-state index in [9.17, 15) is 14.4 Å². The number of likely N-dealkylation sites (tertiary alicyclic amines) is 1. The minimum Gasteiger partial charge on any atom is -0.343 e. The van der Waals surface area contributed by atoms with E-state index >= 15 is 0 Å². The number of rotatable bonds is 8. The molecular weight excluding hydrogens is 499 g/mol. The van der Waals surface area contributed by atoms with Crippen LogP contribution in [0.4, 0.5) is 0 Å². The van der Waals surface area contributed by atoms with Gasteiger partial charge in [-0.3, -0.25) is 14.4 Å². The highest BCUT2D eigenvalue weighted by molar-refractivity contribution is 6.36. The summed E-state index contributed by atoms with van der Waals surface area (Å²) in [6.07, 6.45) is 6.94. The molecule has 2 heterocycles. The molecule has 0 bridgehead atoms. The average Bonchev–Trinajstić information content (AvgIpc) is 3.44. The van der Waals surface area contributed by atoms with Gasteiger partial charge in [0, 0.05) is 29.5 Å². The number of carbonyl (C=O) groups excluding carboxylic acids is 3. The van der Waals surface area contributed by atoms with Crippen molar-refractivity contribution in [1.82, 2.24) is 20.1 Å². The number of benzene rings is 1. The van der Waals surface area contributed by atoms with Gasteiger partial charge in [0.1, 0.15) is 11.2 Å². The summed E-state index contributed by atoms with van der Waals surface area (Å²) >= 11 is 13.0. The molecule has 2 fully saturated rings. The summed E-state index contributed by atoms with van der Waals surface area (Å²) in [5, 5.41) is 7.69. The zero-order valence-electron chi connectivity index (χ0n) is 21.3. The van der Waals surface area contributed by atoms with Crippen molar-refractivity contribution in [2.24, 2.45) is 5.92 Å². The number of carbonyl (C=O) groups is 3. The third-order valence-corrected chi connectivity index (χ3v) is 8.51. The lowest BCUT2D eigenvalue weighted by Crippen LogP contribution is -2.56. The van der Waals surface area contributed by atoms with Crippen molar-refractivity contribution in [3.05, 3.63) is 33.9 Å². The molecule has 36 heavy (non-hydrogen) atoms. The lowest BCUT2D eigenvalue weighted by molar-refractivity contribution is -0.139. The van der Waals surface area contributed by atoms with Gasteiger partial charge in [0.2, 0.25) is 11.8 Å². The van der Waals surface area contributed by atoms with Crippen LogP contribution < -0.4 is 10.6 Å². The predicted molar refractivity (Wildman–Crippen MR) is 144 cm³/mol. The van der Waals surface area contributed by atoms with Gasteiger partial charge in [-0.1, -0.05) is 42.5 Å². The SMILES string of the molecule is CNC(C)C(=O)NC(C(=O)N1CCCC1Cn1c(Cl)c(C(C)=O)c2cc(Cl)ccc21)C1CCCCC1. The molecular formula is C27H36Cl2N4O3. The van der Waals surface area contributed by atoms with Crippen molar-refractivity contribution in [1.29, 1.82) is 0 Å². The van der Waals surface area contributed by atoms with Gasteiger partial charge in [-0.15, -0.1) is 0 Å². The van der Waals surface area contributed by atoms with Crippen LogP contribution in [-0.2, 0) is 16.1 Å². The predicted octanol–water partition coefficient (Wildman–Crippen LogP) is 4.81. The second-order valence-corrected chi connectivity index (χ2v) is 11.0. The Morgan fingerprint density at radius 3 is 2.47 bits per heavy atom. The molecule has 1 aromatic carbocycles. The van der Waals surface area contributed by atoms with Crippen LogP contribution in [-0.4, -0.2) is 58.8 Å². The molecule has 4 rings (SSSR count). The van der Waals surface area contributed by atoms with Gasteiger partial charge in [-0.25, -0.2) is 0 Å². The maximum Gasteiger partial charge on any atom is 0.245 e. The molecule has 0 radical (unpaired) electrons. The second-order valence-electron chi connectivity index (χ2n) is 10.2. The highest BCUT2D eigenvalue weighted by Crippen LogP contribution is 2.35. The summed E-state index contributed by atoms with van der Waals surface area (Å²) in [4.78, 5) is 41.1. The molecule has 1 aliphatic carbocycles. The Morgan fingerprint density at radius 2 is 1.81 bits per heavy atom. The summed E-state index contributed by atoms with van der Waals surface area (Å²) < 4.78 is 1.93. The number of nitrogens with one attached hydrogen (secondary N) is 2. The smallest absolute Gasteiger partial charge is 0.245 e. The largest absolute Gasteiger partial charge is 0.343 e. The molecule has 1 aliphatic heterocycles. The van der Waals surface area contributed by atoms with Crippen LogP contribution in [0.15, 0.2) is 18.2 Å². The number of hydrogen-bond donors (Lipinski definition) is 2. The molecule has 2 N–H and O–H groups in total. The summed E-state index contributed by atoms with van der Waals surface area (Å²) in [5.41, 5.74) is 1.28. The first-order valence-electron chi connectivity index (χ1n) is 13.0. The van der Waals surface area contributed by atoms with E-state index in [1.165, 1.54) is 13.3 Å². The van der Waals surface area contributed by atoms with Crippen LogP contribution in [0, 0.1) is 5.92 Å². The molecule has 9 heteroatoms. The van der Waals surface area contributed by atoms with Crippen LogP contribution in [0.25, 0.3) is 10.9 Å². The van der Waals surface area contributed by atoms with Crippen molar-refractivity contribution in [2.45, 2.75) is 83.5 Å². The Bertz CT molecular complexity index is 1140. The zero-order chi connectivity index (χ0) is 26.0. The first-order valence-corrected chi connectivity index (χ1v) is 13.7. The van der Waals surface area contributed by atoms with Crippen LogP contribution >= 0.6 is 23.2 Å². The van der Waals surface area contributed by atoms with E-state index in [0.717, 1.165) is 49.4 Å². The molecule has 1 saturated carbocycles. The maximum atomic E-state index is 14.0. The van der Waals surface area contributed by atoms with E-state index < -0.39 is 6.04 Å². The Kier molecular flexibility index (Phi) is 8.63. The highest BCUT2D eigenvalue weighted by atomic mass is 35.5. The van der Waals surface area contributed by atoms with Crippen LogP contribution in [0.2, 0.25) is 10.2 Å². The summed E-state index contributed by atoms with van der Waals surface area (Å²) in [5.74, 6) is -0.143. The molecule has 2 aliphatic rings. The number of aromatic nitrogens is 1. The van der Waals surface area contributed by atoms with Crippen molar-refractivity contribution in [3.8, 4) is 0 Å². The standard InChI is InChI=1S/C27H36Cl2N4O3/c1-16(30-3)26(35)31-24(18-8-5-4-6-9-18)27(36)32-13-7-10-20(32)15-33-22-12-11-19(28)14-21(22)23(17(2)34)25(33)29/h11-12,14,16,18,20,24,30H,4-10,13,15H2,1-3H3,(H,31,35). The number of likely N-dealkylation sites (N-methyl/N-ethyl adjacent to an activating group) is 1. The topological polar surface area (TPSA) is 83.4 Å². The van der Waals surface area contributed by atoms with Crippen molar-refractivity contribution < 1.29 is 14.4 Å². The lowest BCUT2D eigenvalue weighted by Gasteiger charge is -2.35. The molecule has 1 aromatic heterocycles. The van der Waals surface area contributed by atoms with E-state index in [1.807, 2.05) is 15.5 Å². The van der Waals surface area contributed by atoms with Gasteiger partial charge in [0.05, 0.1) is 17.1 Å². The summed E-state index contributed by atoms with van der Waals surface area (Å²) in [6.45, 7) is 4.43. The zero-order valence-corrected chi connectivity index (χ0v) is 22.8. The molecule has 0 spiro atoms. The minimum absolute atomic E-state index is 0.0107. The summed E-state index contributed by atoms with van der Waals surface area (Å²) in [7, 11) is 1.74. The van der Waals surface area contributed by atoms with Gasteiger partial charge in [-0.2, -0.15) is 0 Å². The van der Waals surface area contributed by atoms with E-state index in [0.29, 0.717) is 28.8 Å². The minimum atomic E-state index is -0.530. The van der Waals surface area contributed by atoms with E-state index in [2.05, 4.69) is 10.6 Å². The number of halogens is 2. The van der Waals surface area contributed by atoms with Crippen LogP contribution in [0.5, 0.6) is 0 Å². The van der Waals surface area contributed by atoms with Crippen LogP contribution in [0.3, 0.4) is 0 Å². The molecule has 2 aromatic rings. The third-order valence-electron chi connectivity index (χ3n) is 7.88. The number of nitrogens with zero attached hydrogens (tertiary/aromatic N) is 2. The van der Waals surface area contributed by atoms with E-state index in [1.54, 1.807) is 26.1 Å². The van der Waals surface area contributed by atoms with Crippen molar-refractivity contribution >= 4 is 51.7 Å². The highest BCUT2D eigenvalue weighted by Gasteiger charge is 2.39. The monoisotopic (exact) mass is 534 g/mol. The first-order chi connectivity index (χ1) is 17.2. The molecule has 7 nitrogen and oxygen atoms in total. The van der Waals surface area contributed by atoms with Crippen molar-refractivity contribution in [3.63, 3.8) is 0 Å². The van der Waals surface area contributed by atoms with E-state index in [-0.39, 0.29) is 35.6 Å². The van der Waals surface area contributed by atoms with Gasteiger partial charge in [0.15, 0.2) is 5.78 Å². The summed E-state index contributed by atoms with van der Waals surface area (Å²) in [6, 6.07) is 4.45. The number of amides is 2. The lowest BCUT2D eigenvalue weighted by atomic mass is 9.83. The first kappa shape index (κ1) is 27.0. The van der Waals surface area contributed by atoms with Gasteiger partial charge in [0.25, 0.3) is 0 Å². The number of ketones is 1. The quantitative estimate of drug-likeness (QED) is 0.475. The fourth-order valence-electron chi connectivity index (χ4n) is 5.77. The number of fused-ring (bicyclic) bond motifs is 1. The Balaban J connectivity index is 1.62. The second kappa shape index (κ2) is 11.5.